The van der Waals surface area contributed by atoms with E-state index in [4.69, 9.17) is 21.1 Å². The van der Waals surface area contributed by atoms with E-state index in [-0.39, 0.29) is 22.0 Å². The quantitative estimate of drug-likeness (QED) is 0.162. The van der Waals surface area contributed by atoms with Gasteiger partial charge in [-0.05, 0) is 5.56 Å². The van der Waals surface area contributed by atoms with Crippen molar-refractivity contribution in [2.75, 3.05) is 6.61 Å². The number of benzene rings is 1. The number of nitrogens with zero attached hydrogens (tertiary/aromatic N) is 5. The number of aliphatic hydroxyl groups excluding tert-OH is 2. The van der Waals surface area contributed by atoms with E-state index in [1.807, 2.05) is 0 Å². The fraction of sp³-hybridized carbons (Fsp3) is 0.368. The first-order valence-corrected chi connectivity index (χ1v) is 11.0. The van der Waals surface area contributed by atoms with Crippen LogP contribution >= 0.6 is 23.4 Å². The van der Waals surface area contributed by atoms with Crippen molar-refractivity contribution in [1.82, 2.24) is 19.5 Å². The zero-order chi connectivity index (χ0) is 23.7. The highest BCUT2D eigenvalue weighted by atomic mass is 35.5. The van der Waals surface area contributed by atoms with Gasteiger partial charge in [0.25, 0.3) is 5.69 Å². The van der Waals surface area contributed by atoms with Gasteiger partial charge in [-0.25, -0.2) is 15.0 Å². The van der Waals surface area contributed by atoms with Crippen LogP contribution in [0.5, 0.6) is 0 Å². The molecule has 0 spiro atoms. The molecule has 0 bridgehead atoms. The maximum atomic E-state index is 11.7. The molecule has 4 atom stereocenters. The molecule has 0 unspecified atom stereocenters. The second-order valence-corrected chi connectivity index (χ2v) is 8.43. The predicted molar refractivity (Wildman–Crippen MR) is 116 cm³/mol. The maximum Gasteiger partial charge on any atom is 0.303 e. The Bertz CT molecular complexity index is 1190. The highest BCUT2D eigenvalue weighted by molar-refractivity contribution is 7.98. The van der Waals surface area contributed by atoms with E-state index < -0.39 is 42.0 Å². The summed E-state index contributed by atoms with van der Waals surface area (Å²) in [4.78, 5) is 34.7. The number of hydrogen-bond acceptors (Lipinski definition) is 11. The highest BCUT2D eigenvalue weighted by Crippen LogP contribution is 2.38. The fourth-order valence-electron chi connectivity index (χ4n) is 3.45. The molecule has 174 valence electrons. The van der Waals surface area contributed by atoms with Gasteiger partial charge in [0.2, 0.25) is 0 Å². The number of nitro groups is 1. The smallest absolute Gasteiger partial charge is 0.303 e. The van der Waals surface area contributed by atoms with Crippen LogP contribution in [-0.2, 0) is 20.0 Å². The SMILES string of the molecule is CC(=O)O[C@@H]1[C@H](O)[C@@H](CO)O[C@H]1n1c(SCc2ccc([N+](=O)[O-])cc2)nc2c(Cl)ncnc21. The maximum absolute atomic E-state index is 11.7. The number of nitro benzene ring substituents is 1. The summed E-state index contributed by atoms with van der Waals surface area (Å²) in [6.45, 7) is 0.703. The Morgan fingerprint density at radius 1 is 1.36 bits per heavy atom. The Labute approximate surface area is 195 Å². The molecule has 0 saturated carbocycles. The lowest BCUT2D eigenvalue weighted by Crippen LogP contribution is -2.36. The molecule has 1 saturated heterocycles. The summed E-state index contributed by atoms with van der Waals surface area (Å²) in [6, 6.07) is 6.06. The molecule has 0 amide bonds. The van der Waals surface area contributed by atoms with Gasteiger partial charge in [0.15, 0.2) is 28.3 Å². The Morgan fingerprint density at radius 3 is 2.73 bits per heavy atom. The van der Waals surface area contributed by atoms with E-state index in [0.717, 1.165) is 5.56 Å². The van der Waals surface area contributed by atoms with E-state index in [1.165, 1.54) is 41.7 Å². The number of imidazole rings is 1. The molecular formula is C19H18ClN5O7S. The first kappa shape index (κ1) is 23.3. The molecular weight excluding hydrogens is 478 g/mol. The van der Waals surface area contributed by atoms with Crippen molar-refractivity contribution in [3.8, 4) is 0 Å². The van der Waals surface area contributed by atoms with E-state index in [2.05, 4.69) is 15.0 Å². The molecule has 1 fully saturated rings. The van der Waals surface area contributed by atoms with Gasteiger partial charge in [-0.2, -0.15) is 0 Å². The summed E-state index contributed by atoms with van der Waals surface area (Å²) >= 11 is 7.46. The van der Waals surface area contributed by atoms with Crippen molar-refractivity contribution in [2.45, 2.75) is 42.4 Å². The number of esters is 1. The van der Waals surface area contributed by atoms with Crippen molar-refractivity contribution in [3.05, 3.63) is 51.4 Å². The van der Waals surface area contributed by atoms with Crippen LogP contribution in [0, 0.1) is 10.1 Å². The average molecular weight is 496 g/mol. The number of carbonyl (C=O) groups is 1. The first-order valence-electron chi connectivity index (χ1n) is 9.66. The van der Waals surface area contributed by atoms with Crippen molar-refractivity contribution in [1.29, 1.82) is 0 Å². The van der Waals surface area contributed by atoms with Crippen LogP contribution in [0.1, 0.15) is 18.7 Å². The molecule has 1 aliphatic heterocycles. The lowest BCUT2D eigenvalue weighted by Gasteiger charge is -2.22. The number of fused-ring (bicyclic) bond motifs is 1. The third-order valence-electron chi connectivity index (χ3n) is 4.96. The number of aromatic nitrogens is 4. The van der Waals surface area contributed by atoms with E-state index in [9.17, 15) is 25.1 Å². The van der Waals surface area contributed by atoms with Gasteiger partial charge < -0.3 is 19.7 Å². The summed E-state index contributed by atoms with van der Waals surface area (Å²) in [5, 5.41) is 31.5. The van der Waals surface area contributed by atoms with Crippen molar-refractivity contribution < 1.29 is 29.4 Å². The zero-order valence-corrected chi connectivity index (χ0v) is 18.6. The van der Waals surface area contributed by atoms with Crippen LogP contribution in [0.3, 0.4) is 0 Å². The molecule has 2 aromatic heterocycles. The number of aliphatic hydroxyl groups is 2. The molecule has 14 heteroatoms. The number of hydrogen-bond donors (Lipinski definition) is 2. The van der Waals surface area contributed by atoms with E-state index in [0.29, 0.717) is 10.9 Å². The van der Waals surface area contributed by atoms with Crippen molar-refractivity contribution in [2.24, 2.45) is 0 Å². The Balaban J connectivity index is 1.72. The lowest BCUT2D eigenvalue weighted by atomic mass is 10.1. The second-order valence-electron chi connectivity index (χ2n) is 7.13. The molecule has 1 aromatic carbocycles. The van der Waals surface area contributed by atoms with Crippen LogP contribution in [0.2, 0.25) is 5.15 Å². The number of halogens is 1. The van der Waals surface area contributed by atoms with Crippen molar-refractivity contribution in [3.63, 3.8) is 0 Å². The number of rotatable bonds is 7. The Kier molecular flexibility index (Phi) is 6.76. The third-order valence-corrected chi connectivity index (χ3v) is 6.26. The van der Waals surface area contributed by atoms with Gasteiger partial charge in [0.05, 0.1) is 11.5 Å². The second kappa shape index (κ2) is 9.57. The van der Waals surface area contributed by atoms with Crippen LogP contribution < -0.4 is 0 Å². The van der Waals surface area contributed by atoms with Gasteiger partial charge in [-0.3, -0.25) is 19.5 Å². The van der Waals surface area contributed by atoms with Gasteiger partial charge >= 0.3 is 5.97 Å². The number of non-ortho nitro benzene ring substituents is 1. The molecule has 0 aliphatic carbocycles. The predicted octanol–water partition coefficient (Wildman–Crippen LogP) is 1.86. The molecule has 2 N–H and O–H groups in total. The zero-order valence-electron chi connectivity index (χ0n) is 17.1. The molecule has 3 heterocycles. The molecule has 1 aliphatic rings. The van der Waals surface area contributed by atoms with E-state index >= 15 is 0 Å². The molecule has 0 radical (unpaired) electrons. The minimum atomic E-state index is -1.29. The highest BCUT2D eigenvalue weighted by Gasteiger charge is 2.48. The minimum absolute atomic E-state index is 0.0225. The minimum Gasteiger partial charge on any atom is -0.455 e. The van der Waals surface area contributed by atoms with Crippen LogP contribution in [0.4, 0.5) is 5.69 Å². The fourth-order valence-corrected chi connectivity index (χ4v) is 4.59. The van der Waals surface area contributed by atoms with Crippen LogP contribution in [0.25, 0.3) is 11.2 Å². The average Bonchev–Trinajstić information content (AvgIpc) is 3.30. The lowest BCUT2D eigenvalue weighted by molar-refractivity contribution is -0.384. The van der Waals surface area contributed by atoms with Gasteiger partial charge in [0.1, 0.15) is 24.1 Å². The number of thioether (sulfide) groups is 1. The van der Waals surface area contributed by atoms with Gasteiger partial charge in [0, 0.05) is 24.8 Å². The summed E-state index contributed by atoms with van der Waals surface area (Å²) in [6.07, 6.45) is -3.22. The normalized spacial score (nSPS) is 22.5. The first-order chi connectivity index (χ1) is 15.8. The molecule has 3 aromatic rings. The molecule has 33 heavy (non-hydrogen) atoms. The number of carbonyl (C=O) groups excluding carboxylic acids is 1. The monoisotopic (exact) mass is 495 g/mol. The topological polar surface area (TPSA) is 163 Å². The largest absolute Gasteiger partial charge is 0.455 e. The summed E-state index contributed by atoms with van der Waals surface area (Å²) in [5.74, 6) is -0.257. The third kappa shape index (κ3) is 4.63. The summed E-state index contributed by atoms with van der Waals surface area (Å²) in [5.41, 5.74) is 1.33. The van der Waals surface area contributed by atoms with Crippen LogP contribution in [0.15, 0.2) is 35.7 Å². The Morgan fingerprint density at radius 2 is 2.09 bits per heavy atom. The standard InChI is InChI=1S/C19H18ClN5O7S/c1-9(27)31-15-14(28)12(6-26)32-18(15)24-17-13(16(20)21-8-22-17)23-19(24)33-7-10-2-4-11(5-3-10)25(29)30/h2-5,8,12,14-15,18,26,28H,6-7H2,1H3/t12-,14-,15-,18-/m1/s1. The molecule has 12 nitrogen and oxygen atoms in total. The number of ether oxygens (including phenoxy) is 2. The summed E-state index contributed by atoms with van der Waals surface area (Å²) < 4.78 is 12.7. The van der Waals surface area contributed by atoms with E-state index in [1.54, 1.807) is 12.1 Å². The van der Waals surface area contributed by atoms with Gasteiger partial charge in [-0.15, -0.1) is 0 Å². The summed E-state index contributed by atoms with van der Waals surface area (Å²) in [7, 11) is 0. The molecule has 4 rings (SSSR count). The van der Waals surface area contributed by atoms with Gasteiger partial charge in [-0.1, -0.05) is 35.5 Å². The van der Waals surface area contributed by atoms with Crippen molar-refractivity contribution >= 4 is 46.2 Å². The van der Waals surface area contributed by atoms with Crippen LogP contribution in [-0.4, -0.2) is 65.5 Å². The Hall–Kier alpha value is -2.84.